The molecule has 0 aliphatic rings. The van der Waals surface area contributed by atoms with Crippen LogP contribution in [0.25, 0.3) is 0 Å². The summed E-state index contributed by atoms with van der Waals surface area (Å²) < 4.78 is 0. The van der Waals surface area contributed by atoms with Gasteiger partial charge in [0.2, 0.25) is 0 Å². The summed E-state index contributed by atoms with van der Waals surface area (Å²) in [6.07, 6.45) is 9.11. The van der Waals surface area contributed by atoms with Crippen molar-refractivity contribution in [1.29, 1.82) is 0 Å². The van der Waals surface area contributed by atoms with E-state index >= 15 is 0 Å². The maximum Gasteiger partial charge on any atom is 0.0374 e. The molecule has 0 aliphatic heterocycles. The number of hydrogen-bond donors (Lipinski definition) is 0. The second-order valence-electron chi connectivity index (χ2n) is 3.86. The highest BCUT2D eigenvalue weighted by Gasteiger charge is 2.01. The van der Waals surface area contributed by atoms with Crippen LogP contribution in [0.3, 0.4) is 0 Å². The van der Waals surface area contributed by atoms with Gasteiger partial charge in [0, 0.05) is 11.9 Å². The Morgan fingerprint density at radius 3 is 2.12 bits per heavy atom. The van der Waals surface area contributed by atoms with Gasteiger partial charge in [-0.05, 0) is 58.3 Å². The zero-order valence-electron chi connectivity index (χ0n) is 11.2. The zero-order valence-corrected chi connectivity index (χ0v) is 11.2. The minimum Gasteiger partial charge on any atom is -0.266 e. The largest absolute Gasteiger partial charge is 0.266 e. The highest BCUT2D eigenvalue weighted by molar-refractivity contribution is 5.56. The van der Waals surface area contributed by atoms with Gasteiger partial charge in [-0.2, -0.15) is 0 Å². The van der Waals surface area contributed by atoms with E-state index in [0.717, 1.165) is 12.1 Å². The van der Waals surface area contributed by atoms with Gasteiger partial charge in [0.15, 0.2) is 0 Å². The first-order valence-electron chi connectivity index (χ1n) is 5.68. The minimum absolute atomic E-state index is 0.926. The lowest BCUT2D eigenvalue weighted by molar-refractivity contribution is 1.12. The van der Waals surface area contributed by atoms with Crippen LogP contribution in [0.2, 0.25) is 0 Å². The Morgan fingerprint density at radius 1 is 1.12 bits per heavy atom. The fourth-order valence-corrected chi connectivity index (χ4v) is 1.52. The summed E-state index contributed by atoms with van der Waals surface area (Å²) >= 11 is 0. The summed E-state index contributed by atoms with van der Waals surface area (Å²) in [6.45, 7) is 14.1. The molecule has 1 heteroatoms. The van der Waals surface area contributed by atoms with Crippen molar-refractivity contribution in [2.45, 2.75) is 41.0 Å². The molecule has 88 valence electrons. The summed E-state index contributed by atoms with van der Waals surface area (Å²) in [7, 11) is 0. The molecule has 0 aromatic carbocycles. The van der Waals surface area contributed by atoms with Crippen molar-refractivity contribution >= 4 is 6.21 Å². The van der Waals surface area contributed by atoms with Crippen LogP contribution in [0.5, 0.6) is 0 Å². The van der Waals surface area contributed by atoms with Gasteiger partial charge in [-0.15, -0.1) is 0 Å². The van der Waals surface area contributed by atoms with Crippen LogP contribution in [-0.2, 0) is 0 Å². The molecule has 0 fully saturated rings. The van der Waals surface area contributed by atoms with E-state index in [2.05, 4.69) is 50.6 Å². The molecule has 0 saturated heterocycles. The fourth-order valence-electron chi connectivity index (χ4n) is 1.52. The molecule has 0 radical (unpaired) electrons. The third-order valence-corrected chi connectivity index (χ3v) is 2.22. The van der Waals surface area contributed by atoms with E-state index in [9.17, 15) is 0 Å². The number of aliphatic imine (C=N–C) groups is 1. The van der Waals surface area contributed by atoms with Crippen molar-refractivity contribution in [3.8, 4) is 0 Å². The normalized spacial score (nSPS) is 14.7. The van der Waals surface area contributed by atoms with Gasteiger partial charge >= 0.3 is 0 Å². The molecule has 0 N–H and O–H groups in total. The molecule has 0 bridgehead atoms. The predicted octanol–water partition coefficient (Wildman–Crippen LogP) is 4.84. The lowest BCUT2D eigenvalue weighted by Gasteiger charge is -2.08. The van der Waals surface area contributed by atoms with Crippen LogP contribution < -0.4 is 0 Å². The predicted molar refractivity (Wildman–Crippen MR) is 74.9 cm³/mol. The third kappa shape index (κ3) is 5.50. The van der Waals surface area contributed by atoms with Gasteiger partial charge in [-0.25, -0.2) is 0 Å². The third-order valence-electron chi connectivity index (χ3n) is 2.22. The maximum atomic E-state index is 4.25. The van der Waals surface area contributed by atoms with Crippen molar-refractivity contribution in [3.63, 3.8) is 0 Å². The first-order valence-corrected chi connectivity index (χ1v) is 5.68. The standard InChI is InChI=1S/C15H23N/c1-7-14(10-12(4)5)15(8-2)11-13(6)16-9-3/h7-9,11H,4,10H2,1-3,5-6H3/b13-11-,14-7+,15-8-,16-9?. The van der Waals surface area contributed by atoms with Gasteiger partial charge < -0.3 is 0 Å². The summed E-state index contributed by atoms with van der Waals surface area (Å²) in [5.41, 5.74) is 4.74. The second kappa shape index (κ2) is 7.86. The lowest BCUT2D eigenvalue weighted by atomic mass is 9.98. The zero-order chi connectivity index (χ0) is 12.6. The number of allylic oxidation sites excluding steroid dienone is 7. The van der Waals surface area contributed by atoms with Crippen molar-refractivity contribution in [2.75, 3.05) is 0 Å². The molecule has 1 nitrogen and oxygen atoms in total. The number of nitrogens with zero attached hydrogens (tertiary/aromatic N) is 1. The molecule has 0 atom stereocenters. The molecule has 0 heterocycles. The second-order valence-corrected chi connectivity index (χ2v) is 3.86. The number of hydrogen-bond acceptors (Lipinski definition) is 1. The molecule has 0 spiro atoms. The quantitative estimate of drug-likeness (QED) is 0.355. The molecule has 0 unspecified atom stereocenters. The Balaban J connectivity index is 5.00. The van der Waals surface area contributed by atoms with Crippen LogP contribution in [0, 0.1) is 0 Å². The van der Waals surface area contributed by atoms with Gasteiger partial charge in [-0.3, -0.25) is 4.99 Å². The van der Waals surface area contributed by atoms with Crippen LogP contribution in [-0.4, -0.2) is 6.21 Å². The fraction of sp³-hybridized carbons (Fsp3) is 0.400. The minimum atomic E-state index is 0.926. The highest BCUT2D eigenvalue weighted by Crippen LogP contribution is 2.20. The monoisotopic (exact) mass is 217 g/mol. The van der Waals surface area contributed by atoms with Crippen LogP contribution in [0.1, 0.15) is 41.0 Å². The Kier molecular flexibility index (Phi) is 7.19. The Bertz CT molecular complexity index is 352. The molecule has 16 heavy (non-hydrogen) atoms. The molecule has 0 aromatic heterocycles. The van der Waals surface area contributed by atoms with E-state index in [1.165, 1.54) is 16.7 Å². The summed E-state index contributed by atoms with van der Waals surface area (Å²) in [6, 6.07) is 0. The van der Waals surface area contributed by atoms with Gasteiger partial charge in [0.25, 0.3) is 0 Å². The van der Waals surface area contributed by atoms with Crippen molar-refractivity contribution < 1.29 is 0 Å². The van der Waals surface area contributed by atoms with Crippen LogP contribution >= 0.6 is 0 Å². The Hall–Kier alpha value is -1.37. The van der Waals surface area contributed by atoms with Crippen molar-refractivity contribution in [1.82, 2.24) is 0 Å². The topological polar surface area (TPSA) is 12.4 Å². The van der Waals surface area contributed by atoms with E-state index in [-0.39, 0.29) is 0 Å². The number of rotatable bonds is 5. The first kappa shape index (κ1) is 14.6. The van der Waals surface area contributed by atoms with E-state index in [4.69, 9.17) is 0 Å². The molecular formula is C15H23N. The van der Waals surface area contributed by atoms with E-state index in [0.29, 0.717) is 0 Å². The Labute approximate surface area is 100.0 Å². The SMILES string of the molecule is C=C(C)CC(=C\C)/C(/C=C(/C)N=CC)=C\C. The van der Waals surface area contributed by atoms with Gasteiger partial charge in [0.1, 0.15) is 0 Å². The average molecular weight is 217 g/mol. The van der Waals surface area contributed by atoms with E-state index in [1.807, 2.05) is 20.1 Å². The van der Waals surface area contributed by atoms with Crippen LogP contribution in [0.4, 0.5) is 0 Å². The first-order chi connectivity index (χ1) is 7.54. The molecule has 0 aliphatic carbocycles. The van der Waals surface area contributed by atoms with Crippen molar-refractivity contribution in [2.24, 2.45) is 4.99 Å². The molecule has 0 rings (SSSR count). The molecular weight excluding hydrogens is 194 g/mol. The summed E-state index contributed by atoms with van der Waals surface area (Å²) in [5, 5.41) is 0. The summed E-state index contributed by atoms with van der Waals surface area (Å²) in [4.78, 5) is 4.25. The maximum absolute atomic E-state index is 4.25. The van der Waals surface area contributed by atoms with Crippen molar-refractivity contribution in [3.05, 3.63) is 47.2 Å². The van der Waals surface area contributed by atoms with Crippen LogP contribution in [0.15, 0.2) is 52.2 Å². The van der Waals surface area contributed by atoms with Gasteiger partial charge in [0.05, 0.1) is 0 Å². The average Bonchev–Trinajstić information content (AvgIpc) is 2.23. The lowest BCUT2D eigenvalue weighted by Crippen LogP contribution is -1.89. The highest BCUT2D eigenvalue weighted by atomic mass is 14.7. The molecule has 0 aromatic rings. The molecule has 0 saturated carbocycles. The summed E-state index contributed by atoms with van der Waals surface area (Å²) in [5.74, 6) is 0. The van der Waals surface area contributed by atoms with E-state index in [1.54, 1.807) is 0 Å². The van der Waals surface area contributed by atoms with Gasteiger partial charge in [-0.1, -0.05) is 24.3 Å². The van der Waals surface area contributed by atoms with E-state index < -0.39 is 0 Å². The smallest absolute Gasteiger partial charge is 0.0374 e. The molecule has 0 amide bonds. The Morgan fingerprint density at radius 2 is 1.75 bits per heavy atom.